The van der Waals surface area contributed by atoms with Gasteiger partial charge in [-0.2, -0.15) is 0 Å². The van der Waals surface area contributed by atoms with Gasteiger partial charge in [0, 0.05) is 0 Å². The van der Waals surface area contributed by atoms with Crippen molar-refractivity contribution in [3.63, 3.8) is 0 Å². The molecule has 4 bridgehead atoms. The smallest absolute Gasteiger partial charge is 0.311 e. The second-order valence-corrected chi connectivity index (χ2v) is 37.8. The molecule has 4 aliphatic rings. The highest BCUT2D eigenvalue weighted by atomic mass is 28.4. The van der Waals surface area contributed by atoms with Gasteiger partial charge in [-0.1, -0.05) is 0 Å². The molecule has 0 unspecified atom stereocenters. The monoisotopic (exact) mass is 548 g/mol. The molecule has 0 heterocycles. The van der Waals surface area contributed by atoms with Gasteiger partial charge in [0.2, 0.25) is 0 Å². The molecule has 0 aromatic heterocycles. The highest BCUT2D eigenvalue weighted by Gasteiger charge is 2.57. The average Bonchev–Trinajstić information content (AvgIpc) is 2.60. The van der Waals surface area contributed by atoms with E-state index in [1.165, 1.54) is 19.3 Å². The Hall–Kier alpha value is 0.651. The van der Waals surface area contributed by atoms with Crippen molar-refractivity contribution >= 4 is 60.2 Å². The van der Waals surface area contributed by atoms with Crippen LogP contribution in [0.25, 0.3) is 0 Å². The van der Waals surface area contributed by atoms with Gasteiger partial charge in [-0.3, -0.25) is 4.79 Å². The Morgan fingerprint density at radius 2 is 1.00 bits per heavy atom. The summed E-state index contributed by atoms with van der Waals surface area (Å²) in [6, 6.07) is 0. The Labute approximate surface area is 206 Å². The fourth-order valence-electron chi connectivity index (χ4n) is 5.92. The number of carbonyl (C=O) groups excluding carboxylic acids is 1. The minimum absolute atomic E-state index is 0.0987. The van der Waals surface area contributed by atoms with E-state index in [1.54, 1.807) is 0 Å². The molecule has 11 heteroatoms. The molecule has 186 valence electrons. The first-order valence-corrected chi connectivity index (χ1v) is 26.7. The Morgan fingerprint density at radius 3 is 1.28 bits per heavy atom. The van der Waals surface area contributed by atoms with Crippen LogP contribution in [0, 0.1) is 23.2 Å². The molecule has 0 amide bonds. The van der Waals surface area contributed by atoms with Gasteiger partial charge in [0.05, 0.1) is 5.41 Å². The fourth-order valence-corrected chi connectivity index (χ4v) is 21.4. The molecule has 0 aliphatic heterocycles. The Morgan fingerprint density at radius 1 is 0.688 bits per heavy atom. The number of ether oxygens (including phenoxy) is 1. The number of hydrogen-bond acceptors (Lipinski definition) is 5. The summed E-state index contributed by atoms with van der Waals surface area (Å²) >= 11 is 0. The van der Waals surface area contributed by atoms with E-state index in [0.29, 0.717) is 0 Å². The van der Waals surface area contributed by atoms with Gasteiger partial charge in [-0.25, -0.2) is 0 Å². The van der Waals surface area contributed by atoms with E-state index in [1.807, 2.05) is 0 Å². The SMILES string of the molecule is C[Si](C)(C)O[SiH2]C(OC(=O)C12CC3CC(CC(C3)C1)C2)([SiH2]O[Si](C)(C)C)[SiH2]O[Si](C)(C)C. The van der Waals surface area contributed by atoms with Crippen LogP contribution in [0.3, 0.4) is 0 Å². The Kier molecular flexibility index (Phi) is 8.17. The Balaban J connectivity index is 1.85. The average molecular weight is 549 g/mol. The summed E-state index contributed by atoms with van der Waals surface area (Å²) < 4.78 is 26.0. The van der Waals surface area contributed by atoms with Gasteiger partial charge in [-0.15, -0.1) is 0 Å². The highest BCUT2D eigenvalue weighted by Crippen LogP contribution is 2.60. The summed E-state index contributed by atoms with van der Waals surface area (Å²) in [5.41, 5.74) is -0.227. The normalized spacial score (nSPS) is 33.2. The van der Waals surface area contributed by atoms with Crippen molar-refractivity contribution in [1.82, 2.24) is 0 Å². The van der Waals surface area contributed by atoms with E-state index in [4.69, 9.17) is 17.1 Å². The maximum Gasteiger partial charge on any atom is 0.311 e. The lowest BCUT2D eigenvalue weighted by molar-refractivity contribution is -0.173. The molecule has 4 rings (SSSR count). The molecule has 0 radical (unpaired) electrons. The lowest BCUT2D eigenvalue weighted by Crippen LogP contribution is -2.62. The molecule has 0 spiro atoms. The van der Waals surface area contributed by atoms with Crippen molar-refractivity contribution in [3.8, 4) is 0 Å². The van der Waals surface area contributed by atoms with E-state index < -0.39 is 58.7 Å². The molecule has 4 saturated carbocycles. The number of hydrogen-bond donors (Lipinski definition) is 0. The maximum absolute atomic E-state index is 14.0. The van der Waals surface area contributed by atoms with Crippen LogP contribution in [0.2, 0.25) is 58.9 Å². The zero-order valence-corrected chi connectivity index (χ0v) is 29.4. The van der Waals surface area contributed by atoms with E-state index in [-0.39, 0.29) is 11.4 Å². The van der Waals surface area contributed by atoms with Crippen LogP contribution in [-0.2, 0) is 21.9 Å². The van der Waals surface area contributed by atoms with Crippen molar-refractivity contribution < 1.29 is 21.9 Å². The number of rotatable bonds is 11. The van der Waals surface area contributed by atoms with Gasteiger partial charge < -0.3 is 17.1 Å². The lowest BCUT2D eigenvalue weighted by Gasteiger charge is -2.55. The molecule has 5 nitrogen and oxygen atoms in total. The first-order valence-electron chi connectivity index (χ1n) is 12.6. The van der Waals surface area contributed by atoms with E-state index >= 15 is 0 Å². The van der Waals surface area contributed by atoms with Gasteiger partial charge in [-0.05, 0) is 115 Å². The van der Waals surface area contributed by atoms with Crippen LogP contribution in [0.1, 0.15) is 38.5 Å². The maximum atomic E-state index is 14.0. The van der Waals surface area contributed by atoms with Crippen molar-refractivity contribution in [2.45, 2.75) is 102 Å². The third kappa shape index (κ3) is 7.57. The zero-order chi connectivity index (χ0) is 24.0. The minimum Gasteiger partial charge on any atom is -0.463 e. The zero-order valence-electron chi connectivity index (χ0n) is 22.1. The summed E-state index contributed by atoms with van der Waals surface area (Å²) in [7, 11) is -8.42. The summed E-state index contributed by atoms with van der Waals surface area (Å²) in [4.78, 5) is 14.0. The van der Waals surface area contributed by atoms with Crippen molar-refractivity contribution in [1.29, 1.82) is 0 Å². The van der Waals surface area contributed by atoms with Crippen LogP contribution >= 0.6 is 0 Å². The second-order valence-electron chi connectivity index (χ2n) is 14.0. The van der Waals surface area contributed by atoms with Gasteiger partial charge in [0.1, 0.15) is 4.47 Å². The van der Waals surface area contributed by atoms with Crippen LogP contribution < -0.4 is 0 Å². The molecule has 4 fully saturated rings. The molecule has 4 aliphatic carbocycles. The minimum atomic E-state index is -1.71. The summed E-state index contributed by atoms with van der Waals surface area (Å²) in [6.45, 7) is 20.2. The molecular weight excluding hydrogens is 501 g/mol. The number of carbonyl (C=O) groups is 1. The first kappa shape index (κ1) is 27.2. The van der Waals surface area contributed by atoms with E-state index in [9.17, 15) is 4.79 Å². The van der Waals surface area contributed by atoms with Gasteiger partial charge in [0.25, 0.3) is 0 Å². The second kappa shape index (κ2) is 9.60. The predicted molar refractivity (Wildman–Crippen MR) is 148 cm³/mol. The van der Waals surface area contributed by atoms with Gasteiger partial charge in [0.15, 0.2) is 54.2 Å². The largest absolute Gasteiger partial charge is 0.463 e. The van der Waals surface area contributed by atoms with Gasteiger partial charge >= 0.3 is 5.97 Å². The topological polar surface area (TPSA) is 54.0 Å². The Bertz CT molecular complexity index is 601. The third-order valence-corrected chi connectivity index (χ3v) is 24.9. The molecule has 32 heavy (non-hydrogen) atoms. The molecular formula is C21H48O5Si6. The summed E-state index contributed by atoms with van der Waals surface area (Å²) in [6.07, 6.45) is 7.18. The third-order valence-electron chi connectivity index (χ3n) is 7.09. The van der Waals surface area contributed by atoms with Crippen molar-refractivity contribution in [3.05, 3.63) is 0 Å². The molecule has 0 N–H and O–H groups in total. The lowest BCUT2D eigenvalue weighted by atomic mass is 9.49. The fraction of sp³-hybridized carbons (Fsp3) is 0.952. The number of esters is 1. The van der Waals surface area contributed by atoms with Crippen molar-refractivity contribution in [2.75, 3.05) is 0 Å². The first-order chi connectivity index (χ1) is 14.5. The summed E-state index contributed by atoms with van der Waals surface area (Å²) in [5.74, 6) is 2.32. The standard InChI is InChI=1S/C21H48O5Si6/c1-30(2,3)24-27-21(28-25-31(4,5)6,29-26-32(7,8)9)23-19(22)20-13-16-10-17(14-20)12-18(11-16)15-20/h16-18H,10-15,27-29H2,1-9H3. The molecule has 0 saturated heterocycles. The van der Waals surface area contributed by atoms with Crippen molar-refractivity contribution in [2.24, 2.45) is 23.2 Å². The quantitative estimate of drug-likeness (QED) is 0.293. The molecule has 0 aromatic rings. The molecule has 0 aromatic carbocycles. The highest BCUT2D eigenvalue weighted by molar-refractivity contribution is 6.86. The summed E-state index contributed by atoms with van der Waals surface area (Å²) in [5, 5.41) is 0. The molecule has 0 atom stereocenters. The van der Waals surface area contributed by atoms with E-state index in [2.05, 4.69) is 58.9 Å². The van der Waals surface area contributed by atoms with Crippen LogP contribution in [0.5, 0.6) is 0 Å². The van der Waals surface area contributed by atoms with E-state index in [0.717, 1.165) is 37.0 Å². The predicted octanol–water partition coefficient (Wildman–Crippen LogP) is 3.16. The van der Waals surface area contributed by atoms with Crippen LogP contribution in [0.15, 0.2) is 0 Å². The van der Waals surface area contributed by atoms with Crippen LogP contribution in [-0.4, -0.2) is 64.7 Å². The van der Waals surface area contributed by atoms with Crippen LogP contribution in [0.4, 0.5) is 0 Å².